The van der Waals surface area contributed by atoms with E-state index in [9.17, 15) is 0 Å². The first-order chi connectivity index (χ1) is 6.83. The Kier molecular flexibility index (Phi) is 2.04. The normalized spacial score (nSPS) is 9.71. The first kappa shape index (κ1) is 8.52. The van der Waals surface area contributed by atoms with Crippen LogP contribution >= 0.6 is 0 Å². The molecular formula is C11H9N3. The van der Waals surface area contributed by atoms with Gasteiger partial charge in [-0.25, -0.2) is 4.98 Å². The summed E-state index contributed by atoms with van der Waals surface area (Å²) in [6, 6.07) is 7.85. The van der Waals surface area contributed by atoms with Gasteiger partial charge in [-0.05, 0) is 18.6 Å². The molecule has 0 aliphatic heterocycles. The van der Waals surface area contributed by atoms with E-state index in [0.29, 0.717) is 5.56 Å². The third kappa shape index (κ3) is 1.27. The van der Waals surface area contributed by atoms with Crippen molar-refractivity contribution in [3.05, 3.63) is 48.0 Å². The summed E-state index contributed by atoms with van der Waals surface area (Å²) >= 11 is 0. The molecule has 0 spiro atoms. The van der Waals surface area contributed by atoms with Crippen molar-refractivity contribution in [2.75, 3.05) is 0 Å². The lowest BCUT2D eigenvalue weighted by molar-refractivity contribution is 1.03. The topological polar surface area (TPSA) is 41.6 Å². The number of rotatable bonds is 1. The van der Waals surface area contributed by atoms with Crippen LogP contribution in [0.3, 0.4) is 0 Å². The second-order valence-electron chi connectivity index (χ2n) is 3.05. The highest BCUT2D eigenvalue weighted by Crippen LogP contribution is 2.17. The van der Waals surface area contributed by atoms with E-state index in [4.69, 9.17) is 5.26 Å². The Morgan fingerprint density at radius 2 is 2.29 bits per heavy atom. The van der Waals surface area contributed by atoms with Crippen molar-refractivity contribution >= 4 is 0 Å². The van der Waals surface area contributed by atoms with Crippen molar-refractivity contribution in [3.8, 4) is 11.8 Å². The minimum absolute atomic E-state index is 0.669. The zero-order valence-electron chi connectivity index (χ0n) is 7.81. The predicted molar refractivity (Wildman–Crippen MR) is 53.0 cm³/mol. The number of para-hydroxylation sites is 1. The minimum atomic E-state index is 0.669. The van der Waals surface area contributed by atoms with Crippen molar-refractivity contribution in [2.24, 2.45) is 0 Å². The van der Waals surface area contributed by atoms with Crippen LogP contribution in [0.5, 0.6) is 0 Å². The molecule has 0 fully saturated rings. The summed E-state index contributed by atoms with van der Waals surface area (Å²) in [5, 5.41) is 8.96. The van der Waals surface area contributed by atoms with Crippen LogP contribution in [0.25, 0.3) is 5.69 Å². The molecule has 0 radical (unpaired) electrons. The Balaban J connectivity index is 2.69. The second kappa shape index (κ2) is 3.35. The van der Waals surface area contributed by atoms with Crippen molar-refractivity contribution < 1.29 is 0 Å². The maximum absolute atomic E-state index is 8.96. The minimum Gasteiger partial charge on any atom is -0.305 e. The van der Waals surface area contributed by atoms with Gasteiger partial charge in [-0.3, -0.25) is 0 Å². The zero-order chi connectivity index (χ0) is 9.97. The highest BCUT2D eigenvalue weighted by molar-refractivity contribution is 5.53. The lowest BCUT2D eigenvalue weighted by Crippen LogP contribution is -1.97. The van der Waals surface area contributed by atoms with E-state index >= 15 is 0 Å². The third-order valence-electron chi connectivity index (χ3n) is 2.12. The number of hydrogen-bond donors (Lipinski definition) is 0. The molecule has 0 aliphatic carbocycles. The Hall–Kier alpha value is -2.08. The third-order valence-corrected chi connectivity index (χ3v) is 2.12. The van der Waals surface area contributed by atoms with Crippen LogP contribution < -0.4 is 0 Å². The molecule has 68 valence electrons. The molecule has 0 atom stereocenters. The standard InChI is InChI=1S/C11H9N3/c1-9-3-2-4-10(7-12)11(9)14-6-5-13-8-14/h2-6,8H,1H3. The summed E-state index contributed by atoms with van der Waals surface area (Å²) in [5.74, 6) is 0. The predicted octanol–water partition coefficient (Wildman–Crippen LogP) is 2.05. The van der Waals surface area contributed by atoms with Gasteiger partial charge < -0.3 is 4.57 Å². The Bertz CT molecular complexity index is 478. The van der Waals surface area contributed by atoms with Crippen molar-refractivity contribution in [1.82, 2.24) is 9.55 Å². The lowest BCUT2D eigenvalue weighted by atomic mass is 10.1. The molecule has 0 N–H and O–H groups in total. The number of benzene rings is 1. The van der Waals surface area contributed by atoms with Gasteiger partial charge in [-0.1, -0.05) is 12.1 Å². The Labute approximate surface area is 82.2 Å². The molecule has 0 bridgehead atoms. The first-order valence-electron chi connectivity index (χ1n) is 4.31. The van der Waals surface area contributed by atoms with Crippen molar-refractivity contribution in [3.63, 3.8) is 0 Å². The smallest absolute Gasteiger partial charge is 0.101 e. The zero-order valence-corrected chi connectivity index (χ0v) is 7.81. The molecule has 2 rings (SSSR count). The van der Waals surface area contributed by atoms with E-state index in [0.717, 1.165) is 11.3 Å². The average molecular weight is 183 g/mol. The number of nitrogens with zero attached hydrogens (tertiary/aromatic N) is 3. The van der Waals surface area contributed by atoms with Crippen molar-refractivity contribution in [2.45, 2.75) is 6.92 Å². The van der Waals surface area contributed by atoms with E-state index in [1.165, 1.54) is 0 Å². The van der Waals surface area contributed by atoms with Crippen LogP contribution in [0.2, 0.25) is 0 Å². The molecule has 1 heterocycles. The van der Waals surface area contributed by atoms with Crippen LogP contribution in [0.15, 0.2) is 36.9 Å². The molecular weight excluding hydrogens is 174 g/mol. The van der Waals surface area contributed by atoms with Gasteiger partial charge in [0.1, 0.15) is 6.07 Å². The Morgan fingerprint density at radius 1 is 1.43 bits per heavy atom. The van der Waals surface area contributed by atoms with Gasteiger partial charge in [0.05, 0.1) is 17.6 Å². The largest absolute Gasteiger partial charge is 0.305 e. The van der Waals surface area contributed by atoms with Gasteiger partial charge in [0.2, 0.25) is 0 Å². The summed E-state index contributed by atoms with van der Waals surface area (Å²) in [6.07, 6.45) is 5.24. The molecule has 0 amide bonds. The molecule has 0 saturated heterocycles. The fourth-order valence-electron chi connectivity index (χ4n) is 1.48. The molecule has 0 aliphatic rings. The fourth-order valence-corrected chi connectivity index (χ4v) is 1.48. The second-order valence-corrected chi connectivity index (χ2v) is 3.05. The summed E-state index contributed by atoms with van der Waals surface area (Å²) in [6.45, 7) is 1.98. The maximum atomic E-state index is 8.96. The van der Waals surface area contributed by atoms with Gasteiger partial charge in [-0.15, -0.1) is 0 Å². The van der Waals surface area contributed by atoms with Gasteiger partial charge in [0.25, 0.3) is 0 Å². The monoisotopic (exact) mass is 183 g/mol. The Morgan fingerprint density at radius 3 is 2.93 bits per heavy atom. The molecule has 3 nitrogen and oxygen atoms in total. The lowest BCUT2D eigenvalue weighted by Gasteiger charge is -2.07. The van der Waals surface area contributed by atoms with Crippen molar-refractivity contribution in [1.29, 1.82) is 5.26 Å². The van der Waals surface area contributed by atoms with Crippen LogP contribution in [0, 0.1) is 18.3 Å². The average Bonchev–Trinajstić information content (AvgIpc) is 2.70. The molecule has 3 heteroatoms. The fraction of sp³-hybridized carbons (Fsp3) is 0.0909. The number of aryl methyl sites for hydroxylation is 1. The van der Waals surface area contributed by atoms with E-state index in [2.05, 4.69) is 11.1 Å². The van der Waals surface area contributed by atoms with Crippen LogP contribution in [-0.2, 0) is 0 Å². The highest BCUT2D eigenvalue weighted by Gasteiger charge is 2.05. The van der Waals surface area contributed by atoms with E-state index in [-0.39, 0.29) is 0 Å². The van der Waals surface area contributed by atoms with Crippen LogP contribution in [0.4, 0.5) is 0 Å². The van der Waals surface area contributed by atoms with E-state index < -0.39 is 0 Å². The first-order valence-corrected chi connectivity index (χ1v) is 4.31. The summed E-state index contributed by atoms with van der Waals surface area (Å²) in [4.78, 5) is 3.97. The quantitative estimate of drug-likeness (QED) is 0.679. The molecule has 0 unspecified atom stereocenters. The number of hydrogen-bond acceptors (Lipinski definition) is 2. The maximum Gasteiger partial charge on any atom is 0.101 e. The number of imidazole rings is 1. The number of nitriles is 1. The summed E-state index contributed by atoms with van der Waals surface area (Å²) in [7, 11) is 0. The SMILES string of the molecule is Cc1cccc(C#N)c1-n1ccnc1. The van der Waals surface area contributed by atoms with E-state index in [1.54, 1.807) is 12.5 Å². The molecule has 0 saturated carbocycles. The number of aromatic nitrogens is 2. The highest BCUT2D eigenvalue weighted by atomic mass is 15.0. The van der Waals surface area contributed by atoms with E-state index in [1.807, 2.05) is 35.9 Å². The summed E-state index contributed by atoms with van der Waals surface area (Å²) < 4.78 is 1.86. The van der Waals surface area contributed by atoms with Gasteiger partial charge in [0, 0.05) is 12.4 Å². The van der Waals surface area contributed by atoms with Gasteiger partial charge in [0.15, 0.2) is 0 Å². The molecule has 1 aromatic carbocycles. The van der Waals surface area contributed by atoms with Gasteiger partial charge in [-0.2, -0.15) is 5.26 Å². The molecule has 2 aromatic rings. The molecule has 1 aromatic heterocycles. The molecule has 14 heavy (non-hydrogen) atoms. The van der Waals surface area contributed by atoms with Gasteiger partial charge >= 0.3 is 0 Å². The summed E-state index contributed by atoms with van der Waals surface area (Å²) in [5.41, 5.74) is 2.65. The van der Waals surface area contributed by atoms with Crippen LogP contribution in [0.1, 0.15) is 11.1 Å². The van der Waals surface area contributed by atoms with Crippen LogP contribution in [-0.4, -0.2) is 9.55 Å².